The van der Waals surface area contributed by atoms with Crippen LogP contribution in [0.25, 0.3) is 0 Å². The lowest BCUT2D eigenvalue weighted by Crippen LogP contribution is -2.46. The van der Waals surface area contributed by atoms with Gasteiger partial charge in [0, 0.05) is 13.2 Å². The van der Waals surface area contributed by atoms with E-state index in [1.807, 2.05) is 0 Å². The Labute approximate surface area is 120 Å². The first-order valence-electron chi connectivity index (χ1n) is 8.61. The van der Waals surface area contributed by atoms with Crippen molar-refractivity contribution in [3.8, 4) is 0 Å². The molecule has 1 aliphatic carbocycles. The van der Waals surface area contributed by atoms with Gasteiger partial charge in [-0.1, -0.05) is 46.5 Å². The fourth-order valence-electron chi connectivity index (χ4n) is 3.15. The highest BCUT2D eigenvalue weighted by Gasteiger charge is 2.35. The van der Waals surface area contributed by atoms with Gasteiger partial charge in [0.25, 0.3) is 0 Å². The molecule has 0 saturated heterocycles. The molecule has 1 fully saturated rings. The monoisotopic (exact) mass is 269 g/mol. The summed E-state index contributed by atoms with van der Waals surface area (Å²) in [6.45, 7) is 9.84. The van der Waals surface area contributed by atoms with E-state index in [1.165, 1.54) is 57.8 Å². The van der Waals surface area contributed by atoms with Crippen LogP contribution in [-0.2, 0) is 4.74 Å². The van der Waals surface area contributed by atoms with Gasteiger partial charge in [-0.3, -0.25) is 0 Å². The number of nitrogens with one attached hydrogen (secondary N) is 1. The van der Waals surface area contributed by atoms with Crippen LogP contribution in [0.3, 0.4) is 0 Å². The molecule has 114 valence electrons. The third kappa shape index (κ3) is 6.27. The Balaban J connectivity index is 2.33. The summed E-state index contributed by atoms with van der Waals surface area (Å²) in [5, 5.41) is 3.52. The van der Waals surface area contributed by atoms with Gasteiger partial charge in [0.2, 0.25) is 0 Å². The van der Waals surface area contributed by atoms with Crippen molar-refractivity contribution in [1.29, 1.82) is 0 Å². The highest BCUT2D eigenvalue weighted by atomic mass is 16.5. The van der Waals surface area contributed by atoms with Crippen molar-refractivity contribution in [2.75, 3.05) is 19.7 Å². The van der Waals surface area contributed by atoms with E-state index in [-0.39, 0.29) is 5.60 Å². The Morgan fingerprint density at radius 1 is 1.05 bits per heavy atom. The minimum atomic E-state index is 0.147. The first-order chi connectivity index (χ1) is 9.26. The molecule has 19 heavy (non-hydrogen) atoms. The summed E-state index contributed by atoms with van der Waals surface area (Å²) in [7, 11) is 0. The van der Waals surface area contributed by atoms with Crippen molar-refractivity contribution in [1.82, 2.24) is 5.32 Å². The zero-order valence-corrected chi connectivity index (χ0v) is 13.5. The molecule has 0 radical (unpaired) electrons. The van der Waals surface area contributed by atoms with E-state index >= 15 is 0 Å². The topological polar surface area (TPSA) is 21.3 Å². The summed E-state index contributed by atoms with van der Waals surface area (Å²) in [4.78, 5) is 0. The lowest BCUT2D eigenvalue weighted by molar-refractivity contribution is -0.0774. The maximum Gasteiger partial charge on any atom is 0.0806 e. The van der Waals surface area contributed by atoms with Crippen LogP contribution in [0.4, 0.5) is 0 Å². The van der Waals surface area contributed by atoms with Crippen LogP contribution in [-0.4, -0.2) is 25.3 Å². The van der Waals surface area contributed by atoms with Gasteiger partial charge in [-0.05, 0) is 44.6 Å². The Morgan fingerprint density at radius 2 is 1.79 bits per heavy atom. The number of ether oxygens (including phenoxy) is 1. The van der Waals surface area contributed by atoms with Crippen LogP contribution in [0.2, 0.25) is 0 Å². The predicted octanol–water partition coefficient (Wildman–Crippen LogP) is 4.53. The van der Waals surface area contributed by atoms with Gasteiger partial charge >= 0.3 is 0 Å². The average molecular weight is 269 g/mol. The first kappa shape index (κ1) is 17.0. The average Bonchev–Trinajstić information content (AvgIpc) is 2.46. The maximum absolute atomic E-state index is 6.35. The molecule has 0 heterocycles. The summed E-state index contributed by atoms with van der Waals surface area (Å²) >= 11 is 0. The van der Waals surface area contributed by atoms with Gasteiger partial charge in [-0.15, -0.1) is 0 Å². The normalized spacial score (nSPS) is 27.6. The molecule has 0 aromatic carbocycles. The van der Waals surface area contributed by atoms with Crippen molar-refractivity contribution < 1.29 is 4.74 Å². The van der Waals surface area contributed by atoms with Crippen molar-refractivity contribution in [3.05, 3.63) is 0 Å². The number of hydrogen-bond acceptors (Lipinski definition) is 2. The third-order valence-electron chi connectivity index (χ3n) is 4.70. The van der Waals surface area contributed by atoms with Gasteiger partial charge in [0.05, 0.1) is 5.60 Å². The van der Waals surface area contributed by atoms with Crippen molar-refractivity contribution >= 4 is 0 Å². The SMILES string of the molecule is CCCCCCOC1(CNCC)CCC(CC)CC1. The van der Waals surface area contributed by atoms with Crippen LogP contribution in [0.15, 0.2) is 0 Å². The summed E-state index contributed by atoms with van der Waals surface area (Å²) in [6.07, 6.45) is 11.8. The van der Waals surface area contributed by atoms with Gasteiger partial charge in [-0.25, -0.2) is 0 Å². The predicted molar refractivity (Wildman–Crippen MR) is 83.6 cm³/mol. The van der Waals surface area contributed by atoms with E-state index in [4.69, 9.17) is 4.74 Å². The second-order valence-corrected chi connectivity index (χ2v) is 6.22. The lowest BCUT2D eigenvalue weighted by atomic mass is 9.77. The second-order valence-electron chi connectivity index (χ2n) is 6.22. The summed E-state index contributed by atoms with van der Waals surface area (Å²) < 4.78 is 6.35. The van der Waals surface area contributed by atoms with Crippen LogP contribution >= 0.6 is 0 Å². The van der Waals surface area contributed by atoms with Crippen molar-refractivity contribution in [2.45, 2.75) is 84.2 Å². The smallest absolute Gasteiger partial charge is 0.0806 e. The zero-order valence-electron chi connectivity index (χ0n) is 13.5. The quantitative estimate of drug-likeness (QED) is 0.588. The molecule has 2 nitrogen and oxygen atoms in total. The summed E-state index contributed by atoms with van der Waals surface area (Å²) in [5.41, 5.74) is 0.147. The molecular weight excluding hydrogens is 234 g/mol. The van der Waals surface area contributed by atoms with Gasteiger partial charge in [-0.2, -0.15) is 0 Å². The molecule has 1 N–H and O–H groups in total. The van der Waals surface area contributed by atoms with Crippen LogP contribution in [0, 0.1) is 5.92 Å². The Bertz CT molecular complexity index is 209. The summed E-state index contributed by atoms with van der Waals surface area (Å²) in [5.74, 6) is 0.943. The van der Waals surface area contributed by atoms with E-state index in [0.29, 0.717) is 0 Å². The summed E-state index contributed by atoms with van der Waals surface area (Å²) in [6, 6.07) is 0. The molecule has 0 aromatic rings. The molecular formula is C17H35NO. The van der Waals surface area contributed by atoms with E-state index in [0.717, 1.165) is 25.6 Å². The minimum Gasteiger partial charge on any atom is -0.374 e. The van der Waals surface area contributed by atoms with Crippen molar-refractivity contribution in [3.63, 3.8) is 0 Å². The molecule has 0 atom stereocenters. The van der Waals surface area contributed by atoms with Gasteiger partial charge in [0.1, 0.15) is 0 Å². The number of likely N-dealkylation sites (N-methyl/N-ethyl adjacent to an activating group) is 1. The first-order valence-corrected chi connectivity index (χ1v) is 8.61. The van der Waals surface area contributed by atoms with E-state index < -0.39 is 0 Å². The molecule has 1 aliphatic rings. The van der Waals surface area contributed by atoms with Gasteiger partial charge in [0.15, 0.2) is 0 Å². The van der Waals surface area contributed by atoms with E-state index in [1.54, 1.807) is 0 Å². The number of hydrogen-bond donors (Lipinski definition) is 1. The molecule has 0 aliphatic heterocycles. The molecule has 2 heteroatoms. The molecule has 0 aromatic heterocycles. The van der Waals surface area contributed by atoms with Gasteiger partial charge < -0.3 is 10.1 Å². The Morgan fingerprint density at radius 3 is 2.37 bits per heavy atom. The van der Waals surface area contributed by atoms with Crippen LogP contribution < -0.4 is 5.32 Å². The minimum absolute atomic E-state index is 0.147. The molecule has 0 amide bonds. The van der Waals surface area contributed by atoms with Crippen LogP contribution in [0.5, 0.6) is 0 Å². The van der Waals surface area contributed by atoms with Crippen molar-refractivity contribution in [2.24, 2.45) is 5.92 Å². The fourth-order valence-corrected chi connectivity index (χ4v) is 3.15. The number of rotatable bonds is 10. The van der Waals surface area contributed by atoms with E-state index in [2.05, 4.69) is 26.1 Å². The molecule has 0 unspecified atom stereocenters. The Hall–Kier alpha value is -0.0800. The van der Waals surface area contributed by atoms with Crippen LogP contribution in [0.1, 0.15) is 78.6 Å². The second kappa shape index (κ2) is 9.77. The van der Waals surface area contributed by atoms with E-state index in [9.17, 15) is 0 Å². The Kier molecular flexibility index (Phi) is 8.72. The largest absolute Gasteiger partial charge is 0.374 e. The lowest BCUT2D eigenvalue weighted by Gasteiger charge is -2.40. The highest BCUT2D eigenvalue weighted by molar-refractivity contribution is 4.89. The molecule has 1 saturated carbocycles. The third-order valence-corrected chi connectivity index (χ3v) is 4.70. The maximum atomic E-state index is 6.35. The molecule has 0 bridgehead atoms. The molecule has 1 rings (SSSR count). The number of unbranched alkanes of at least 4 members (excludes halogenated alkanes) is 3. The highest BCUT2D eigenvalue weighted by Crippen LogP contribution is 2.36. The molecule has 0 spiro atoms. The fraction of sp³-hybridized carbons (Fsp3) is 1.00. The zero-order chi connectivity index (χ0) is 14.0. The standard InChI is InChI=1S/C17H35NO/c1-4-7-8-9-14-19-17(15-18-6-3)12-10-16(5-2)11-13-17/h16,18H,4-15H2,1-3H3.